The number of para-hydroxylation sites is 1. The first kappa shape index (κ1) is 18.2. The lowest BCUT2D eigenvalue weighted by Crippen LogP contribution is -2.30. The molecular formula is C16H18N8O3. The summed E-state index contributed by atoms with van der Waals surface area (Å²) in [5.41, 5.74) is 3.60. The number of nitrogens with zero attached hydrogens (tertiary/aromatic N) is 7. The van der Waals surface area contributed by atoms with E-state index in [-0.39, 0.29) is 24.1 Å². The van der Waals surface area contributed by atoms with Crippen LogP contribution in [0.1, 0.15) is 22.5 Å². The number of amides is 1. The lowest BCUT2D eigenvalue weighted by molar-refractivity contribution is -0.115. The first-order chi connectivity index (χ1) is 13.0. The van der Waals surface area contributed by atoms with E-state index in [1.165, 1.54) is 5.01 Å². The van der Waals surface area contributed by atoms with Crippen LogP contribution in [-0.4, -0.2) is 33.1 Å². The molecule has 0 unspecified atom stereocenters. The lowest BCUT2D eigenvalue weighted by atomic mass is 10.1. The van der Waals surface area contributed by atoms with E-state index in [1.54, 1.807) is 13.8 Å². The van der Waals surface area contributed by atoms with Gasteiger partial charge in [0.1, 0.15) is 17.9 Å². The standard InChI is InChI=1S/C16H18N8O3/c1-9-6-5-7-10(2)14(9)17-13(25)8-24(16-12(4)20-27-22-16)23-18-15-11(3)19-26-21-15/h5-7H,8H2,1-4H3,(H,17,25). The summed E-state index contributed by atoms with van der Waals surface area (Å²) in [6.07, 6.45) is 0. The molecule has 1 amide bonds. The van der Waals surface area contributed by atoms with Gasteiger partial charge in [0.25, 0.3) is 0 Å². The van der Waals surface area contributed by atoms with Crippen molar-refractivity contribution < 1.29 is 14.1 Å². The zero-order valence-corrected chi connectivity index (χ0v) is 15.3. The molecule has 0 aliphatic heterocycles. The molecule has 0 aliphatic carbocycles. The quantitative estimate of drug-likeness (QED) is 0.517. The maximum absolute atomic E-state index is 12.6. The molecule has 1 aromatic carbocycles. The molecule has 27 heavy (non-hydrogen) atoms. The fourth-order valence-corrected chi connectivity index (χ4v) is 2.35. The first-order valence-corrected chi connectivity index (χ1v) is 8.09. The number of benzene rings is 1. The van der Waals surface area contributed by atoms with E-state index in [0.717, 1.165) is 16.8 Å². The van der Waals surface area contributed by atoms with Gasteiger partial charge in [0.2, 0.25) is 17.5 Å². The third kappa shape index (κ3) is 4.14. The third-order valence-corrected chi connectivity index (χ3v) is 3.79. The van der Waals surface area contributed by atoms with Crippen molar-refractivity contribution in [1.29, 1.82) is 0 Å². The molecule has 0 atom stereocenters. The Morgan fingerprint density at radius 1 is 1.04 bits per heavy atom. The van der Waals surface area contributed by atoms with Crippen LogP contribution in [0.2, 0.25) is 0 Å². The Morgan fingerprint density at radius 3 is 2.30 bits per heavy atom. The van der Waals surface area contributed by atoms with Gasteiger partial charge in [-0.2, -0.15) is 0 Å². The molecule has 0 fully saturated rings. The second kappa shape index (κ2) is 7.72. The second-order valence-corrected chi connectivity index (χ2v) is 5.91. The summed E-state index contributed by atoms with van der Waals surface area (Å²) >= 11 is 0. The van der Waals surface area contributed by atoms with E-state index < -0.39 is 0 Å². The summed E-state index contributed by atoms with van der Waals surface area (Å²) in [5.74, 6) is 0.164. The molecule has 0 bridgehead atoms. The van der Waals surface area contributed by atoms with Gasteiger partial charge in [0.05, 0.1) is 0 Å². The zero-order chi connectivity index (χ0) is 19.4. The SMILES string of the molecule is Cc1cccc(C)c1NC(=O)CN(N=Nc1nonc1C)c1nonc1C. The van der Waals surface area contributed by atoms with Crippen molar-refractivity contribution in [3.05, 3.63) is 40.7 Å². The van der Waals surface area contributed by atoms with Crippen LogP contribution in [0.4, 0.5) is 17.3 Å². The number of carbonyl (C=O) groups excluding carboxylic acids is 1. The molecule has 0 aliphatic rings. The molecule has 3 rings (SSSR count). The molecule has 3 aromatic rings. The highest BCUT2D eigenvalue weighted by Gasteiger charge is 2.19. The van der Waals surface area contributed by atoms with Crippen molar-refractivity contribution >= 4 is 23.2 Å². The van der Waals surface area contributed by atoms with Crippen molar-refractivity contribution in [3.8, 4) is 0 Å². The minimum atomic E-state index is -0.302. The molecule has 11 heteroatoms. The monoisotopic (exact) mass is 370 g/mol. The van der Waals surface area contributed by atoms with Crippen LogP contribution in [-0.2, 0) is 4.79 Å². The van der Waals surface area contributed by atoms with Gasteiger partial charge in [-0.1, -0.05) is 33.7 Å². The summed E-state index contributed by atoms with van der Waals surface area (Å²) in [5, 5.41) is 26.9. The molecule has 2 heterocycles. The summed E-state index contributed by atoms with van der Waals surface area (Å²) in [4.78, 5) is 12.6. The Kier molecular flexibility index (Phi) is 5.20. The minimum Gasteiger partial charge on any atom is -0.324 e. The number of aromatic nitrogens is 4. The lowest BCUT2D eigenvalue weighted by Gasteiger charge is -2.16. The number of nitrogens with one attached hydrogen (secondary N) is 1. The maximum atomic E-state index is 12.6. The van der Waals surface area contributed by atoms with E-state index in [9.17, 15) is 4.79 Å². The van der Waals surface area contributed by atoms with Crippen LogP contribution in [0.15, 0.2) is 37.8 Å². The molecule has 11 nitrogen and oxygen atoms in total. The van der Waals surface area contributed by atoms with Crippen LogP contribution < -0.4 is 10.3 Å². The molecular weight excluding hydrogens is 352 g/mol. The summed E-state index contributed by atoms with van der Waals surface area (Å²) < 4.78 is 9.28. The van der Waals surface area contributed by atoms with Crippen molar-refractivity contribution in [2.75, 3.05) is 16.9 Å². The average Bonchev–Trinajstić information content (AvgIpc) is 3.23. The molecule has 140 valence electrons. The average molecular weight is 370 g/mol. The molecule has 1 N–H and O–H groups in total. The summed E-state index contributed by atoms with van der Waals surface area (Å²) in [6, 6.07) is 5.78. The minimum absolute atomic E-state index is 0.156. The fourth-order valence-electron chi connectivity index (χ4n) is 2.35. The van der Waals surface area contributed by atoms with Gasteiger partial charge < -0.3 is 5.32 Å². The number of hydrogen-bond donors (Lipinski definition) is 1. The van der Waals surface area contributed by atoms with Crippen LogP contribution in [0.25, 0.3) is 0 Å². The van der Waals surface area contributed by atoms with Crippen molar-refractivity contribution in [2.45, 2.75) is 27.7 Å². The Balaban J connectivity index is 1.81. The molecule has 0 radical (unpaired) electrons. The number of rotatable bonds is 6. The molecule has 0 saturated heterocycles. The van der Waals surface area contributed by atoms with Crippen molar-refractivity contribution in [3.63, 3.8) is 0 Å². The van der Waals surface area contributed by atoms with Crippen LogP contribution in [0.3, 0.4) is 0 Å². The largest absolute Gasteiger partial charge is 0.324 e. The zero-order valence-electron chi connectivity index (χ0n) is 15.3. The van der Waals surface area contributed by atoms with Gasteiger partial charge in [-0.3, -0.25) is 4.79 Å². The Bertz CT molecular complexity index is 957. The van der Waals surface area contributed by atoms with Gasteiger partial charge in [-0.25, -0.2) is 14.3 Å². The Morgan fingerprint density at radius 2 is 1.70 bits per heavy atom. The van der Waals surface area contributed by atoms with E-state index in [1.807, 2.05) is 32.0 Å². The predicted octanol–water partition coefficient (Wildman–Crippen LogP) is 2.83. The topological polar surface area (TPSA) is 135 Å². The Labute approximate surface area is 154 Å². The fraction of sp³-hybridized carbons (Fsp3) is 0.312. The predicted molar refractivity (Wildman–Crippen MR) is 94.5 cm³/mol. The van der Waals surface area contributed by atoms with Gasteiger partial charge >= 0.3 is 0 Å². The van der Waals surface area contributed by atoms with E-state index in [2.05, 4.69) is 40.9 Å². The number of anilines is 2. The van der Waals surface area contributed by atoms with Crippen molar-refractivity contribution in [2.24, 2.45) is 10.3 Å². The highest BCUT2D eigenvalue weighted by molar-refractivity contribution is 5.95. The molecule has 0 spiro atoms. The number of hydrogen-bond acceptors (Lipinski definition) is 9. The van der Waals surface area contributed by atoms with Crippen molar-refractivity contribution in [1.82, 2.24) is 20.6 Å². The third-order valence-electron chi connectivity index (χ3n) is 3.79. The van der Waals surface area contributed by atoms with Gasteiger partial charge in [0.15, 0.2) is 0 Å². The summed E-state index contributed by atoms with van der Waals surface area (Å²) in [7, 11) is 0. The first-order valence-electron chi connectivity index (χ1n) is 8.09. The molecule has 0 saturated carbocycles. The van der Waals surface area contributed by atoms with E-state index >= 15 is 0 Å². The highest BCUT2D eigenvalue weighted by atomic mass is 16.6. The van der Waals surface area contributed by atoms with Gasteiger partial charge in [0, 0.05) is 5.69 Å². The maximum Gasteiger partial charge on any atom is 0.246 e. The highest BCUT2D eigenvalue weighted by Crippen LogP contribution is 2.21. The van der Waals surface area contributed by atoms with Crippen LogP contribution >= 0.6 is 0 Å². The van der Waals surface area contributed by atoms with Gasteiger partial charge in [-0.05, 0) is 49.1 Å². The summed E-state index contributed by atoms with van der Waals surface area (Å²) in [6.45, 7) is 7.04. The van der Waals surface area contributed by atoms with Gasteiger partial charge in [-0.15, -0.1) is 5.11 Å². The van der Waals surface area contributed by atoms with E-state index in [4.69, 9.17) is 4.63 Å². The van der Waals surface area contributed by atoms with Crippen LogP contribution in [0.5, 0.6) is 0 Å². The number of aryl methyl sites for hydroxylation is 4. The molecule has 2 aromatic heterocycles. The number of carbonyl (C=O) groups is 1. The second-order valence-electron chi connectivity index (χ2n) is 5.91. The van der Waals surface area contributed by atoms with E-state index in [0.29, 0.717) is 11.4 Å². The van der Waals surface area contributed by atoms with Crippen LogP contribution in [0, 0.1) is 27.7 Å². The normalized spacial score (nSPS) is 11.1. The Hall–Kier alpha value is -3.63. The smallest absolute Gasteiger partial charge is 0.246 e.